The lowest BCUT2D eigenvalue weighted by Crippen LogP contribution is -1.48. The van der Waals surface area contributed by atoms with Crippen LogP contribution in [0.1, 0.15) is 0 Å². The van der Waals surface area contributed by atoms with Gasteiger partial charge in [-0.05, 0) is 0 Å². The van der Waals surface area contributed by atoms with Crippen molar-refractivity contribution in [3.8, 4) is 0 Å². The van der Waals surface area contributed by atoms with Crippen LogP contribution in [0.25, 0.3) is 0 Å². The van der Waals surface area contributed by atoms with Gasteiger partial charge in [0.15, 0.2) is 0 Å². The van der Waals surface area contributed by atoms with Crippen LogP contribution in [0.4, 0.5) is 8.78 Å². The predicted molar refractivity (Wildman–Crippen MR) is 36.0 cm³/mol. The maximum absolute atomic E-state index is 10.6. The quantitative estimate of drug-likeness (QED) is 0.517. The average molecular weight is 138 g/mol. The molecule has 0 bridgehead atoms. The first-order chi connectivity index (χ1) is 3.83. The number of hydrogen-bond donors (Lipinski definition) is 0. The standard InChI is InChI=1S/2C3H5F.H2O/c2*1-2-3-4;/h2*2H,1,3H2;1H2. The van der Waals surface area contributed by atoms with Gasteiger partial charge in [-0.25, -0.2) is 8.78 Å². The van der Waals surface area contributed by atoms with Gasteiger partial charge >= 0.3 is 0 Å². The molecule has 0 unspecified atom stereocenters. The van der Waals surface area contributed by atoms with E-state index in [4.69, 9.17) is 0 Å². The average Bonchev–Trinajstić information content (AvgIpc) is 1.88. The molecule has 0 spiro atoms. The van der Waals surface area contributed by atoms with E-state index in [9.17, 15) is 8.78 Å². The van der Waals surface area contributed by atoms with E-state index >= 15 is 0 Å². The number of halogens is 2. The molecular weight excluding hydrogens is 126 g/mol. The van der Waals surface area contributed by atoms with Crippen LogP contribution in [-0.4, -0.2) is 18.8 Å². The maximum Gasteiger partial charge on any atom is 0.107 e. The summed E-state index contributed by atoms with van der Waals surface area (Å²) in [5.74, 6) is 0. The molecule has 0 aromatic rings. The Bertz CT molecular complexity index is 47.0. The number of alkyl halides is 2. The second-order valence-electron chi connectivity index (χ2n) is 0.886. The summed E-state index contributed by atoms with van der Waals surface area (Å²) in [6.45, 7) is 5.38. The molecule has 0 rings (SSSR count). The van der Waals surface area contributed by atoms with Gasteiger partial charge in [-0.15, -0.1) is 13.2 Å². The van der Waals surface area contributed by atoms with E-state index in [-0.39, 0.29) is 5.48 Å². The van der Waals surface area contributed by atoms with E-state index in [1.54, 1.807) is 0 Å². The first-order valence-corrected chi connectivity index (χ1v) is 2.17. The fraction of sp³-hybridized carbons (Fsp3) is 0.333. The smallest absolute Gasteiger partial charge is 0.107 e. The Balaban J connectivity index is -0.0000000720. The molecular formula is C6H12F2O. The second kappa shape index (κ2) is 26.6. The summed E-state index contributed by atoms with van der Waals surface area (Å²) >= 11 is 0. The van der Waals surface area contributed by atoms with Crippen molar-refractivity contribution in [2.45, 2.75) is 0 Å². The fourth-order valence-electron chi connectivity index (χ4n) is 0. The predicted octanol–water partition coefficient (Wildman–Crippen LogP) is 1.46. The molecule has 0 aliphatic carbocycles. The third kappa shape index (κ3) is 121. The minimum Gasteiger partial charge on any atom is -0.412 e. The maximum atomic E-state index is 10.6. The van der Waals surface area contributed by atoms with Crippen LogP contribution >= 0.6 is 0 Å². The summed E-state index contributed by atoms with van der Waals surface area (Å²) in [6, 6.07) is 0. The molecule has 0 aliphatic heterocycles. The Morgan fingerprint density at radius 1 is 1.00 bits per heavy atom. The molecule has 1 nitrogen and oxygen atoms in total. The largest absolute Gasteiger partial charge is 0.412 e. The van der Waals surface area contributed by atoms with E-state index in [0.29, 0.717) is 0 Å². The van der Waals surface area contributed by atoms with Crippen molar-refractivity contribution in [1.29, 1.82) is 0 Å². The monoisotopic (exact) mass is 138 g/mol. The highest BCUT2D eigenvalue weighted by Crippen LogP contribution is 1.59. The molecule has 56 valence electrons. The lowest BCUT2D eigenvalue weighted by molar-refractivity contribution is 0.562. The zero-order chi connectivity index (χ0) is 6.83. The lowest BCUT2D eigenvalue weighted by atomic mass is 10.7. The molecule has 0 radical (unpaired) electrons. The van der Waals surface area contributed by atoms with Gasteiger partial charge < -0.3 is 5.48 Å². The van der Waals surface area contributed by atoms with Crippen molar-refractivity contribution in [2.24, 2.45) is 0 Å². The topological polar surface area (TPSA) is 31.5 Å². The molecule has 0 aromatic heterocycles. The van der Waals surface area contributed by atoms with Crippen LogP contribution in [0.5, 0.6) is 0 Å². The molecule has 3 heteroatoms. The van der Waals surface area contributed by atoms with Gasteiger partial charge in [-0.3, -0.25) is 0 Å². The first kappa shape index (κ1) is 15.7. The molecule has 0 heterocycles. The molecule has 2 N–H and O–H groups in total. The Labute approximate surface area is 54.0 Å². The molecule has 0 aromatic carbocycles. The molecule has 0 amide bonds. The van der Waals surface area contributed by atoms with E-state index in [1.165, 1.54) is 12.2 Å². The van der Waals surface area contributed by atoms with Crippen LogP contribution in [0.15, 0.2) is 25.3 Å². The summed E-state index contributed by atoms with van der Waals surface area (Å²) in [5.41, 5.74) is 0. The SMILES string of the molecule is C=CCF.C=CCF.O. The van der Waals surface area contributed by atoms with Gasteiger partial charge in [-0.2, -0.15) is 0 Å². The summed E-state index contributed by atoms with van der Waals surface area (Å²) < 4.78 is 21.2. The van der Waals surface area contributed by atoms with Crippen molar-refractivity contribution < 1.29 is 14.3 Å². The van der Waals surface area contributed by atoms with Crippen LogP contribution in [0.2, 0.25) is 0 Å². The number of hydrogen-bond acceptors (Lipinski definition) is 0. The summed E-state index contributed by atoms with van der Waals surface area (Å²) in [7, 11) is 0. The Hall–Kier alpha value is -0.700. The highest BCUT2D eigenvalue weighted by atomic mass is 19.1. The summed E-state index contributed by atoms with van der Waals surface area (Å²) in [4.78, 5) is 0. The molecule has 0 saturated heterocycles. The molecule has 0 aliphatic rings. The number of allylic oxidation sites excluding steroid dienone is 2. The summed E-state index contributed by atoms with van der Waals surface area (Å²) in [5, 5.41) is 0. The van der Waals surface area contributed by atoms with Crippen molar-refractivity contribution in [1.82, 2.24) is 0 Å². The van der Waals surface area contributed by atoms with E-state index < -0.39 is 13.3 Å². The van der Waals surface area contributed by atoms with Crippen molar-refractivity contribution in [2.75, 3.05) is 13.3 Å². The fourth-order valence-corrected chi connectivity index (χ4v) is 0. The highest BCUT2D eigenvalue weighted by molar-refractivity contribution is 4.61. The third-order valence-electron chi connectivity index (χ3n) is 0.218. The van der Waals surface area contributed by atoms with Gasteiger partial charge in [0.05, 0.1) is 0 Å². The lowest BCUT2D eigenvalue weighted by Gasteiger charge is -1.54. The Morgan fingerprint density at radius 2 is 1.11 bits per heavy atom. The van der Waals surface area contributed by atoms with Crippen LogP contribution in [-0.2, 0) is 0 Å². The minimum absolute atomic E-state index is 0. The van der Waals surface area contributed by atoms with E-state index in [0.717, 1.165) is 0 Å². The minimum atomic E-state index is -0.417. The normalized spacial score (nSPS) is 5.56. The van der Waals surface area contributed by atoms with E-state index in [1.807, 2.05) is 0 Å². The molecule has 9 heavy (non-hydrogen) atoms. The van der Waals surface area contributed by atoms with Crippen LogP contribution < -0.4 is 0 Å². The van der Waals surface area contributed by atoms with Gasteiger partial charge in [0.2, 0.25) is 0 Å². The molecule has 0 atom stereocenters. The Morgan fingerprint density at radius 3 is 1.11 bits per heavy atom. The summed E-state index contributed by atoms with van der Waals surface area (Å²) in [6.07, 6.45) is 2.42. The highest BCUT2D eigenvalue weighted by Gasteiger charge is 1.50. The van der Waals surface area contributed by atoms with E-state index in [2.05, 4.69) is 13.2 Å². The van der Waals surface area contributed by atoms with Gasteiger partial charge in [0, 0.05) is 0 Å². The zero-order valence-corrected chi connectivity index (χ0v) is 5.24. The van der Waals surface area contributed by atoms with Crippen molar-refractivity contribution >= 4 is 0 Å². The second-order valence-corrected chi connectivity index (χ2v) is 0.886. The Kier molecular flexibility index (Phi) is 46.5. The molecule has 0 saturated carbocycles. The first-order valence-electron chi connectivity index (χ1n) is 2.17. The van der Waals surface area contributed by atoms with Gasteiger partial charge in [0.1, 0.15) is 13.3 Å². The van der Waals surface area contributed by atoms with Crippen molar-refractivity contribution in [3.63, 3.8) is 0 Å². The van der Waals surface area contributed by atoms with Crippen molar-refractivity contribution in [3.05, 3.63) is 25.3 Å². The van der Waals surface area contributed by atoms with Crippen LogP contribution in [0, 0.1) is 0 Å². The van der Waals surface area contributed by atoms with Crippen LogP contribution in [0.3, 0.4) is 0 Å². The van der Waals surface area contributed by atoms with Gasteiger partial charge in [-0.1, -0.05) is 12.2 Å². The third-order valence-corrected chi connectivity index (χ3v) is 0.218. The number of rotatable bonds is 2. The molecule has 0 fully saturated rings. The van der Waals surface area contributed by atoms with Gasteiger partial charge in [0.25, 0.3) is 0 Å². The zero-order valence-electron chi connectivity index (χ0n) is 5.24.